The maximum atomic E-state index is 13.6. The molecule has 44 heavy (non-hydrogen) atoms. The number of amides is 2. The van der Waals surface area contributed by atoms with Gasteiger partial charge in [-0.2, -0.15) is 0 Å². The Morgan fingerprint density at radius 3 is 2.14 bits per heavy atom. The highest BCUT2D eigenvalue weighted by molar-refractivity contribution is 6.34. The molecule has 0 heterocycles. The van der Waals surface area contributed by atoms with Crippen molar-refractivity contribution in [3.8, 4) is 5.75 Å². The molecule has 0 unspecified atom stereocenters. The van der Waals surface area contributed by atoms with Crippen LogP contribution in [0.1, 0.15) is 68.9 Å². The molecule has 0 bridgehead atoms. The third-order valence-electron chi connectivity index (χ3n) is 6.91. The third-order valence-corrected chi connectivity index (χ3v) is 7.35. The van der Waals surface area contributed by atoms with E-state index in [0.717, 1.165) is 29.7 Å². The lowest BCUT2D eigenvalue weighted by molar-refractivity contribution is 0.0238. The molecule has 0 aliphatic carbocycles. The molecule has 236 valence electrons. The molecule has 0 aliphatic heterocycles. The monoisotopic (exact) mass is 642 g/mol. The van der Waals surface area contributed by atoms with Crippen LogP contribution >= 0.6 is 23.2 Å². The Hall–Kier alpha value is -3.63. The highest BCUT2D eigenvalue weighted by Crippen LogP contribution is 2.22. The van der Waals surface area contributed by atoms with Gasteiger partial charge in [0, 0.05) is 53.4 Å². The third kappa shape index (κ3) is 10.2. The van der Waals surface area contributed by atoms with E-state index in [1.807, 2.05) is 38.1 Å². The molecular formula is C33H40Cl2N4O5. The van der Waals surface area contributed by atoms with Gasteiger partial charge in [0.25, 0.3) is 5.91 Å². The van der Waals surface area contributed by atoms with Gasteiger partial charge in [0.15, 0.2) is 0 Å². The van der Waals surface area contributed by atoms with Crippen molar-refractivity contribution in [2.45, 2.75) is 51.8 Å². The first-order chi connectivity index (χ1) is 21.0. The normalized spacial score (nSPS) is 12.3. The van der Waals surface area contributed by atoms with E-state index in [-0.39, 0.29) is 29.1 Å². The lowest BCUT2D eigenvalue weighted by Gasteiger charge is -2.25. The van der Waals surface area contributed by atoms with Crippen molar-refractivity contribution in [3.05, 3.63) is 98.5 Å². The predicted molar refractivity (Wildman–Crippen MR) is 173 cm³/mol. The summed E-state index contributed by atoms with van der Waals surface area (Å²) >= 11 is 12.4. The van der Waals surface area contributed by atoms with Crippen LogP contribution in [-0.4, -0.2) is 61.6 Å². The highest BCUT2D eigenvalue weighted by atomic mass is 35.5. The van der Waals surface area contributed by atoms with E-state index in [4.69, 9.17) is 44.1 Å². The molecule has 11 heteroatoms. The first-order valence-electron chi connectivity index (χ1n) is 14.5. The number of esters is 1. The number of carbonyl (C=O) groups is 3. The number of nitrogens with zero attached hydrogens (tertiary/aromatic N) is 1. The van der Waals surface area contributed by atoms with E-state index in [0.29, 0.717) is 36.1 Å². The number of methoxy groups -OCH3 is 1. The van der Waals surface area contributed by atoms with Crippen LogP contribution in [0.3, 0.4) is 0 Å². The summed E-state index contributed by atoms with van der Waals surface area (Å²) in [6.45, 7) is 5.69. The minimum Gasteiger partial charge on any atom is -0.497 e. The van der Waals surface area contributed by atoms with Crippen molar-refractivity contribution in [1.82, 2.24) is 10.2 Å². The smallest absolute Gasteiger partial charge is 0.338 e. The molecule has 5 N–H and O–H groups in total. The van der Waals surface area contributed by atoms with Gasteiger partial charge in [-0.3, -0.25) is 9.59 Å². The number of nitrogens with two attached hydrogens (primary N) is 2. The molecule has 0 aromatic heterocycles. The number of rotatable bonds is 16. The molecule has 2 atom stereocenters. The van der Waals surface area contributed by atoms with Gasteiger partial charge >= 0.3 is 5.97 Å². The Morgan fingerprint density at radius 2 is 1.52 bits per heavy atom. The second-order valence-corrected chi connectivity index (χ2v) is 11.4. The van der Waals surface area contributed by atoms with Crippen LogP contribution < -0.4 is 21.5 Å². The second-order valence-electron chi connectivity index (χ2n) is 10.5. The molecule has 9 nitrogen and oxygen atoms in total. The maximum absolute atomic E-state index is 13.6. The number of primary amides is 1. The summed E-state index contributed by atoms with van der Waals surface area (Å²) in [6.07, 6.45) is 1.03. The highest BCUT2D eigenvalue weighted by Gasteiger charge is 2.26. The SMILES string of the molecule is CCCN(CCC)C(=O)c1cc(C(N)=O)cc(C(=O)O[C@H](CNCc2cccc(OC)c2)[C@@H](N)Cc2cc(Cl)cc(Cl)c2)c1. The van der Waals surface area contributed by atoms with E-state index in [1.165, 1.54) is 18.2 Å². The van der Waals surface area contributed by atoms with E-state index in [2.05, 4.69) is 5.32 Å². The number of ether oxygens (including phenoxy) is 2. The van der Waals surface area contributed by atoms with Crippen molar-refractivity contribution < 1.29 is 23.9 Å². The average molecular weight is 644 g/mol. The Balaban J connectivity index is 1.88. The van der Waals surface area contributed by atoms with E-state index >= 15 is 0 Å². The van der Waals surface area contributed by atoms with Gasteiger partial charge in [-0.05, 0) is 78.9 Å². The molecular weight excluding hydrogens is 603 g/mol. The zero-order chi connectivity index (χ0) is 32.2. The topological polar surface area (TPSA) is 137 Å². The fourth-order valence-corrected chi connectivity index (χ4v) is 5.38. The summed E-state index contributed by atoms with van der Waals surface area (Å²) in [6, 6.07) is 16.2. The van der Waals surface area contributed by atoms with Gasteiger partial charge in [0.1, 0.15) is 11.9 Å². The van der Waals surface area contributed by atoms with Gasteiger partial charge in [-0.25, -0.2) is 4.79 Å². The summed E-state index contributed by atoms with van der Waals surface area (Å²) in [5.74, 6) is -1.08. The fraction of sp³-hybridized carbons (Fsp3) is 0.364. The summed E-state index contributed by atoms with van der Waals surface area (Å²) in [5.41, 5.74) is 14.1. The van der Waals surface area contributed by atoms with Crippen molar-refractivity contribution in [2.75, 3.05) is 26.7 Å². The Bertz CT molecular complexity index is 1430. The fourth-order valence-electron chi connectivity index (χ4n) is 4.81. The molecule has 2 amide bonds. The van der Waals surface area contributed by atoms with Crippen LogP contribution in [0, 0.1) is 0 Å². The van der Waals surface area contributed by atoms with Crippen LogP contribution in [0.5, 0.6) is 5.75 Å². The van der Waals surface area contributed by atoms with Crippen LogP contribution in [-0.2, 0) is 17.7 Å². The van der Waals surface area contributed by atoms with Crippen molar-refractivity contribution in [1.29, 1.82) is 0 Å². The molecule has 3 aromatic carbocycles. The number of benzene rings is 3. The second kappa shape index (κ2) is 17.0. The minimum atomic E-state index is -0.807. The average Bonchev–Trinajstić information content (AvgIpc) is 2.99. The van der Waals surface area contributed by atoms with Gasteiger partial charge < -0.3 is 31.2 Å². The summed E-state index contributed by atoms with van der Waals surface area (Å²) in [4.78, 5) is 40.8. The van der Waals surface area contributed by atoms with Crippen LogP contribution in [0.25, 0.3) is 0 Å². The minimum absolute atomic E-state index is 0.0217. The summed E-state index contributed by atoms with van der Waals surface area (Å²) in [7, 11) is 1.60. The van der Waals surface area contributed by atoms with Crippen molar-refractivity contribution in [3.63, 3.8) is 0 Å². The largest absolute Gasteiger partial charge is 0.497 e. The zero-order valence-electron chi connectivity index (χ0n) is 25.3. The van der Waals surface area contributed by atoms with Gasteiger partial charge in [0.2, 0.25) is 5.91 Å². The summed E-state index contributed by atoms with van der Waals surface area (Å²) in [5, 5.41) is 4.23. The molecule has 0 aliphatic rings. The van der Waals surface area contributed by atoms with E-state index < -0.39 is 24.0 Å². The van der Waals surface area contributed by atoms with Gasteiger partial charge in [0.05, 0.1) is 12.7 Å². The van der Waals surface area contributed by atoms with Crippen molar-refractivity contribution >= 4 is 41.0 Å². The molecule has 0 saturated heterocycles. The maximum Gasteiger partial charge on any atom is 0.338 e. The molecule has 3 rings (SSSR count). The quantitative estimate of drug-likeness (QED) is 0.182. The standard InChI is InChI=1S/C33H40Cl2N4O5/c1-4-9-39(10-5-2)32(41)24-15-23(31(37)40)16-25(17-24)33(42)44-30(20-38-19-21-7-6-8-28(13-21)43-3)29(36)14-22-11-26(34)18-27(35)12-22/h6-8,11-13,15-18,29-30,38H,4-5,9-10,14,19-20,36H2,1-3H3,(H2,37,40)/t29-,30+/m0/s1. The van der Waals surface area contributed by atoms with E-state index in [9.17, 15) is 14.4 Å². The predicted octanol–water partition coefficient (Wildman–Crippen LogP) is 5.25. The zero-order valence-corrected chi connectivity index (χ0v) is 26.8. The summed E-state index contributed by atoms with van der Waals surface area (Å²) < 4.78 is 11.2. The number of hydrogen-bond acceptors (Lipinski definition) is 7. The number of carbonyl (C=O) groups excluding carboxylic acids is 3. The molecule has 0 saturated carbocycles. The van der Waals surface area contributed by atoms with Crippen molar-refractivity contribution in [2.24, 2.45) is 11.5 Å². The van der Waals surface area contributed by atoms with Crippen LogP contribution in [0.4, 0.5) is 0 Å². The Kier molecular flexibility index (Phi) is 13.5. The molecule has 0 spiro atoms. The molecule has 0 fully saturated rings. The van der Waals surface area contributed by atoms with Crippen LogP contribution in [0.15, 0.2) is 60.7 Å². The first kappa shape index (κ1) is 34.9. The first-order valence-corrected chi connectivity index (χ1v) is 15.3. The molecule has 0 radical (unpaired) electrons. The Morgan fingerprint density at radius 1 is 0.886 bits per heavy atom. The number of nitrogens with one attached hydrogen (secondary N) is 1. The number of halogens is 2. The lowest BCUT2D eigenvalue weighted by Crippen LogP contribution is -2.46. The van der Waals surface area contributed by atoms with Crippen LogP contribution in [0.2, 0.25) is 10.0 Å². The van der Waals surface area contributed by atoms with Gasteiger partial charge in [-0.1, -0.05) is 49.2 Å². The Labute approximate surface area is 268 Å². The lowest BCUT2D eigenvalue weighted by atomic mass is 10.0. The van der Waals surface area contributed by atoms with Gasteiger partial charge in [-0.15, -0.1) is 0 Å². The van der Waals surface area contributed by atoms with E-state index in [1.54, 1.807) is 30.2 Å². The number of hydrogen-bond donors (Lipinski definition) is 3. The molecule has 3 aromatic rings.